The van der Waals surface area contributed by atoms with Crippen LogP contribution in [0.15, 0.2) is 12.1 Å². The smallest absolute Gasteiger partial charge is 0.335 e. The fourth-order valence-electron chi connectivity index (χ4n) is 1.98. The summed E-state index contributed by atoms with van der Waals surface area (Å²) in [5.74, 6) is -2.98. The zero-order chi connectivity index (χ0) is 12.6. The molecule has 1 N–H and O–H groups in total. The van der Waals surface area contributed by atoms with Gasteiger partial charge in [-0.3, -0.25) is 0 Å². The van der Waals surface area contributed by atoms with Crippen molar-refractivity contribution in [1.29, 1.82) is 0 Å². The van der Waals surface area contributed by atoms with Gasteiger partial charge >= 0.3 is 5.97 Å². The molecule has 0 atom stereocenters. The van der Waals surface area contributed by atoms with E-state index in [1.807, 2.05) is 0 Å². The van der Waals surface area contributed by atoms with Crippen LogP contribution in [0.1, 0.15) is 29.6 Å². The number of halogens is 2. The highest BCUT2D eigenvalue weighted by Gasteiger charge is 2.27. The number of benzene rings is 1. The van der Waals surface area contributed by atoms with E-state index in [2.05, 4.69) is 0 Å². The van der Waals surface area contributed by atoms with Crippen molar-refractivity contribution in [2.75, 3.05) is 11.9 Å². The Bertz CT molecular complexity index is 435. The maximum atomic E-state index is 13.7. The van der Waals surface area contributed by atoms with Gasteiger partial charge in [0.25, 0.3) is 0 Å². The molecule has 0 bridgehead atoms. The predicted octanol–water partition coefficient (Wildman–Crippen LogP) is 2.65. The molecule has 17 heavy (non-hydrogen) atoms. The number of nitrogens with zero attached hydrogens (tertiary/aromatic N) is 1. The van der Waals surface area contributed by atoms with Crippen LogP contribution in [-0.2, 0) is 0 Å². The van der Waals surface area contributed by atoms with Gasteiger partial charge in [-0.05, 0) is 31.4 Å². The van der Waals surface area contributed by atoms with Gasteiger partial charge in [-0.2, -0.15) is 0 Å². The molecule has 0 unspecified atom stereocenters. The van der Waals surface area contributed by atoms with Gasteiger partial charge in [-0.25, -0.2) is 13.6 Å². The van der Waals surface area contributed by atoms with Gasteiger partial charge in [0.1, 0.15) is 17.3 Å². The van der Waals surface area contributed by atoms with Crippen LogP contribution in [0.5, 0.6) is 0 Å². The fraction of sp³-hybridized carbons (Fsp3) is 0.417. The van der Waals surface area contributed by atoms with Crippen LogP contribution in [-0.4, -0.2) is 24.2 Å². The van der Waals surface area contributed by atoms with Gasteiger partial charge in [0.15, 0.2) is 0 Å². The molecule has 92 valence electrons. The van der Waals surface area contributed by atoms with E-state index in [4.69, 9.17) is 5.11 Å². The van der Waals surface area contributed by atoms with E-state index in [0.717, 1.165) is 31.4 Å². The summed E-state index contributed by atoms with van der Waals surface area (Å²) in [6, 6.07) is 1.86. The van der Waals surface area contributed by atoms with Crippen LogP contribution in [0.3, 0.4) is 0 Å². The molecule has 0 radical (unpaired) electrons. The highest BCUT2D eigenvalue weighted by molar-refractivity contribution is 5.88. The standard InChI is InChI=1S/C12H13F2NO2/c1-15(8-3-2-4-8)11-9(13)5-7(12(16)17)6-10(11)14/h5-6,8H,2-4H2,1H3,(H,16,17). The summed E-state index contributed by atoms with van der Waals surface area (Å²) in [6.07, 6.45) is 2.89. The monoisotopic (exact) mass is 241 g/mol. The van der Waals surface area contributed by atoms with Crippen LogP contribution < -0.4 is 4.90 Å². The molecule has 1 fully saturated rings. The Kier molecular flexibility index (Phi) is 3.00. The van der Waals surface area contributed by atoms with Crippen molar-refractivity contribution in [3.05, 3.63) is 29.3 Å². The summed E-state index contributed by atoms with van der Waals surface area (Å²) in [5.41, 5.74) is -0.509. The van der Waals surface area contributed by atoms with Crippen LogP contribution in [0.25, 0.3) is 0 Å². The minimum atomic E-state index is -1.33. The van der Waals surface area contributed by atoms with E-state index in [1.54, 1.807) is 11.9 Å². The van der Waals surface area contributed by atoms with Crippen LogP contribution in [0.2, 0.25) is 0 Å². The molecule has 1 saturated carbocycles. The lowest BCUT2D eigenvalue weighted by molar-refractivity contribution is 0.0696. The first-order valence-electron chi connectivity index (χ1n) is 5.46. The second-order valence-corrected chi connectivity index (χ2v) is 4.29. The largest absolute Gasteiger partial charge is 0.478 e. The molecule has 0 aliphatic heterocycles. The summed E-state index contributed by atoms with van der Waals surface area (Å²) in [7, 11) is 1.63. The Hall–Kier alpha value is -1.65. The predicted molar refractivity (Wildman–Crippen MR) is 59.4 cm³/mol. The molecular formula is C12H13F2NO2. The van der Waals surface area contributed by atoms with E-state index in [1.165, 1.54) is 0 Å². The normalized spacial score (nSPS) is 15.5. The number of hydrogen-bond donors (Lipinski definition) is 1. The average Bonchev–Trinajstić information content (AvgIpc) is 2.13. The van der Waals surface area contributed by atoms with Gasteiger partial charge < -0.3 is 10.0 Å². The lowest BCUT2D eigenvalue weighted by atomic mass is 9.91. The van der Waals surface area contributed by atoms with Gasteiger partial charge in [-0.1, -0.05) is 0 Å². The van der Waals surface area contributed by atoms with Crippen LogP contribution >= 0.6 is 0 Å². The number of carboxylic acids is 1. The van der Waals surface area contributed by atoms with E-state index in [-0.39, 0.29) is 17.3 Å². The third-order valence-corrected chi connectivity index (χ3v) is 3.24. The van der Waals surface area contributed by atoms with Crippen molar-refractivity contribution in [3.63, 3.8) is 0 Å². The van der Waals surface area contributed by atoms with E-state index >= 15 is 0 Å². The van der Waals surface area contributed by atoms with Crippen molar-refractivity contribution in [1.82, 2.24) is 0 Å². The molecule has 1 aliphatic carbocycles. The molecule has 2 rings (SSSR count). The van der Waals surface area contributed by atoms with Gasteiger partial charge in [-0.15, -0.1) is 0 Å². The van der Waals surface area contributed by atoms with Crippen molar-refractivity contribution in [2.45, 2.75) is 25.3 Å². The third-order valence-electron chi connectivity index (χ3n) is 3.24. The number of aromatic carboxylic acids is 1. The summed E-state index contributed by atoms with van der Waals surface area (Å²) in [4.78, 5) is 12.2. The molecule has 0 amide bonds. The Morgan fingerprint density at radius 1 is 1.35 bits per heavy atom. The number of hydrogen-bond acceptors (Lipinski definition) is 2. The highest BCUT2D eigenvalue weighted by atomic mass is 19.1. The Labute approximate surface area is 97.7 Å². The maximum absolute atomic E-state index is 13.7. The summed E-state index contributed by atoms with van der Waals surface area (Å²) >= 11 is 0. The molecule has 5 heteroatoms. The SMILES string of the molecule is CN(c1c(F)cc(C(=O)O)cc1F)C1CCC1. The molecular weight excluding hydrogens is 228 g/mol. The van der Waals surface area contributed by atoms with Gasteiger partial charge in [0.2, 0.25) is 0 Å². The van der Waals surface area contributed by atoms with E-state index in [9.17, 15) is 13.6 Å². The molecule has 1 aromatic carbocycles. The van der Waals surface area contributed by atoms with Gasteiger partial charge in [0.05, 0.1) is 5.56 Å². The maximum Gasteiger partial charge on any atom is 0.335 e. The first kappa shape index (κ1) is 11.8. The van der Waals surface area contributed by atoms with Crippen LogP contribution in [0.4, 0.5) is 14.5 Å². The van der Waals surface area contributed by atoms with Gasteiger partial charge in [0, 0.05) is 13.1 Å². The third kappa shape index (κ3) is 2.09. The molecule has 1 aromatic rings. The molecule has 3 nitrogen and oxygen atoms in total. The summed E-state index contributed by atoms with van der Waals surface area (Å²) < 4.78 is 27.4. The van der Waals surface area contributed by atoms with E-state index < -0.39 is 17.6 Å². The Morgan fingerprint density at radius 3 is 2.24 bits per heavy atom. The van der Waals surface area contributed by atoms with E-state index in [0.29, 0.717) is 0 Å². The molecule has 0 aromatic heterocycles. The highest BCUT2D eigenvalue weighted by Crippen LogP contribution is 2.32. The van der Waals surface area contributed by atoms with Crippen molar-refractivity contribution >= 4 is 11.7 Å². The lowest BCUT2D eigenvalue weighted by Crippen LogP contribution is -2.38. The Morgan fingerprint density at radius 2 is 1.88 bits per heavy atom. The average molecular weight is 241 g/mol. The Balaban J connectivity index is 2.37. The van der Waals surface area contributed by atoms with Crippen molar-refractivity contribution in [2.24, 2.45) is 0 Å². The second kappa shape index (κ2) is 4.31. The molecule has 1 aliphatic rings. The molecule has 0 heterocycles. The first-order chi connectivity index (χ1) is 8.00. The van der Waals surface area contributed by atoms with Crippen molar-refractivity contribution < 1.29 is 18.7 Å². The zero-order valence-electron chi connectivity index (χ0n) is 9.41. The number of anilines is 1. The minimum absolute atomic E-state index is 0.139. The zero-order valence-corrected chi connectivity index (χ0v) is 9.41. The summed E-state index contributed by atoms with van der Waals surface area (Å²) in [5, 5.41) is 8.68. The van der Waals surface area contributed by atoms with Crippen LogP contribution in [0, 0.1) is 11.6 Å². The number of carboxylic acid groups (broad SMARTS) is 1. The van der Waals surface area contributed by atoms with Crippen molar-refractivity contribution in [3.8, 4) is 0 Å². The fourth-order valence-corrected chi connectivity index (χ4v) is 1.98. The topological polar surface area (TPSA) is 40.5 Å². The quantitative estimate of drug-likeness (QED) is 0.884. The summed E-state index contributed by atoms with van der Waals surface area (Å²) in [6.45, 7) is 0. The number of carbonyl (C=O) groups is 1. The molecule has 0 spiro atoms. The molecule has 0 saturated heterocycles. The second-order valence-electron chi connectivity index (χ2n) is 4.29. The lowest BCUT2D eigenvalue weighted by Gasteiger charge is -2.36. The number of rotatable bonds is 3. The first-order valence-corrected chi connectivity index (χ1v) is 5.46. The minimum Gasteiger partial charge on any atom is -0.478 e.